The van der Waals surface area contributed by atoms with Gasteiger partial charge in [0, 0.05) is 6.54 Å². The van der Waals surface area contributed by atoms with E-state index in [9.17, 15) is 9.59 Å². The number of aromatic nitrogens is 2. The molecule has 0 amide bonds. The second-order valence-electron chi connectivity index (χ2n) is 6.98. The van der Waals surface area contributed by atoms with E-state index >= 15 is 0 Å². The van der Waals surface area contributed by atoms with Gasteiger partial charge in [0.05, 0.1) is 22.2 Å². The number of likely N-dealkylation sites (N-methyl/N-ethyl adjacent to an activating group) is 1. The molecule has 0 atom stereocenters. The third kappa shape index (κ3) is 4.89. The molecule has 2 aromatic carbocycles. The largest absolute Gasteiger partial charge is 0.461 e. The lowest BCUT2D eigenvalue weighted by Gasteiger charge is -2.18. The molecule has 0 aliphatic carbocycles. The minimum atomic E-state index is -0.391. The van der Waals surface area contributed by atoms with Crippen LogP contribution in [0.3, 0.4) is 0 Å². The van der Waals surface area contributed by atoms with Crippen molar-refractivity contribution in [2.75, 3.05) is 26.2 Å². The van der Waals surface area contributed by atoms with Crippen LogP contribution in [0, 0.1) is 13.8 Å². The number of hydrogen-bond donors (Lipinski definition) is 0. The van der Waals surface area contributed by atoms with Crippen LogP contribution in [0.4, 0.5) is 0 Å². The summed E-state index contributed by atoms with van der Waals surface area (Å²) in [6.07, 6.45) is 0. The number of halogens is 1. The average molecular weight is 430 g/mol. The average Bonchev–Trinajstić information content (AvgIpc) is 2.72. The fraction of sp³-hybridized carbons (Fsp3) is 0.348. The van der Waals surface area contributed by atoms with Crippen LogP contribution in [0.5, 0.6) is 0 Å². The van der Waals surface area contributed by atoms with E-state index < -0.39 is 5.97 Å². The van der Waals surface area contributed by atoms with Crippen LogP contribution in [0.15, 0.2) is 47.3 Å². The molecule has 7 heteroatoms. The molecule has 0 saturated carbocycles. The van der Waals surface area contributed by atoms with Crippen molar-refractivity contribution in [2.45, 2.75) is 27.7 Å². The summed E-state index contributed by atoms with van der Waals surface area (Å²) in [5, 5.41) is 0.546. The summed E-state index contributed by atoms with van der Waals surface area (Å²) in [4.78, 5) is 32.4. The van der Waals surface area contributed by atoms with Crippen LogP contribution >= 0.6 is 12.4 Å². The Bertz CT molecular complexity index is 1090. The Hall–Kier alpha value is -2.70. The quantitative estimate of drug-likeness (QED) is 0.532. The van der Waals surface area contributed by atoms with Crippen molar-refractivity contribution in [3.63, 3.8) is 0 Å². The van der Waals surface area contributed by atoms with Crippen molar-refractivity contribution in [2.24, 2.45) is 0 Å². The van der Waals surface area contributed by atoms with Crippen molar-refractivity contribution in [1.82, 2.24) is 14.5 Å². The highest BCUT2D eigenvalue weighted by molar-refractivity contribution is 5.90. The molecule has 0 saturated heterocycles. The van der Waals surface area contributed by atoms with Gasteiger partial charge in [-0.25, -0.2) is 9.78 Å². The van der Waals surface area contributed by atoms with E-state index in [0.29, 0.717) is 41.1 Å². The van der Waals surface area contributed by atoms with Gasteiger partial charge < -0.3 is 9.64 Å². The molecular formula is C23H28ClN3O3. The van der Waals surface area contributed by atoms with Gasteiger partial charge in [0.25, 0.3) is 5.56 Å². The lowest BCUT2D eigenvalue weighted by atomic mass is 10.1. The molecule has 0 radical (unpaired) electrons. The topological polar surface area (TPSA) is 64.4 Å². The molecule has 0 unspecified atom stereocenters. The summed E-state index contributed by atoms with van der Waals surface area (Å²) in [5.74, 6) is 0.182. The summed E-state index contributed by atoms with van der Waals surface area (Å²) >= 11 is 0. The van der Waals surface area contributed by atoms with Gasteiger partial charge in [-0.1, -0.05) is 32.0 Å². The number of benzene rings is 2. The molecule has 6 nitrogen and oxygen atoms in total. The smallest absolute Gasteiger partial charge is 0.338 e. The van der Waals surface area contributed by atoms with Crippen molar-refractivity contribution in [1.29, 1.82) is 0 Å². The predicted octanol–water partition coefficient (Wildman–Crippen LogP) is 3.92. The summed E-state index contributed by atoms with van der Waals surface area (Å²) in [5.41, 5.74) is 2.46. The summed E-state index contributed by atoms with van der Waals surface area (Å²) < 4.78 is 7.00. The van der Waals surface area contributed by atoms with Gasteiger partial charge in [-0.2, -0.15) is 0 Å². The van der Waals surface area contributed by atoms with Gasteiger partial charge in [-0.3, -0.25) is 9.36 Å². The van der Waals surface area contributed by atoms with Gasteiger partial charge in [0.2, 0.25) is 0 Å². The zero-order valence-corrected chi connectivity index (χ0v) is 18.7. The SMILES string of the molecule is CCN(CC)CCOC(=O)c1ccc(C)c(-n2c(C)nc3ccccc3c2=O)c1.Cl. The number of nitrogens with zero attached hydrogens (tertiary/aromatic N) is 3. The Morgan fingerprint density at radius 1 is 1.10 bits per heavy atom. The summed E-state index contributed by atoms with van der Waals surface area (Å²) in [6, 6.07) is 12.5. The van der Waals surface area contributed by atoms with E-state index in [1.165, 1.54) is 0 Å². The lowest BCUT2D eigenvalue weighted by molar-refractivity contribution is 0.0466. The third-order valence-corrected chi connectivity index (χ3v) is 5.16. The van der Waals surface area contributed by atoms with Crippen LogP contribution < -0.4 is 5.56 Å². The number of esters is 1. The first-order chi connectivity index (χ1) is 14.0. The van der Waals surface area contributed by atoms with Gasteiger partial charge in [-0.05, 0) is 56.8 Å². The molecule has 3 rings (SSSR count). The molecule has 0 aliphatic heterocycles. The van der Waals surface area contributed by atoms with E-state index in [2.05, 4.69) is 23.7 Å². The van der Waals surface area contributed by atoms with Crippen molar-refractivity contribution in [3.8, 4) is 5.69 Å². The van der Waals surface area contributed by atoms with Crippen molar-refractivity contribution >= 4 is 29.3 Å². The highest BCUT2D eigenvalue weighted by Gasteiger charge is 2.15. The second-order valence-corrected chi connectivity index (χ2v) is 6.98. The molecule has 0 spiro atoms. The fourth-order valence-corrected chi connectivity index (χ4v) is 3.40. The standard InChI is InChI=1S/C23H27N3O3.ClH/c1-5-25(6-2)13-14-29-23(28)18-12-11-16(3)21(15-18)26-17(4)24-20-10-8-7-9-19(20)22(26)27;/h7-12,15H,5-6,13-14H2,1-4H3;1H. The number of aryl methyl sites for hydroxylation is 2. The minimum absolute atomic E-state index is 0. The van der Waals surface area contributed by atoms with Crippen LogP contribution in [0.1, 0.15) is 35.6 Å². The number of hydrogen-bond acceptors (Lipinski definition) is 5. The number of para-hydroxylation sites is 1. The molecule has 1 aromatic heterocycles. The summed E-state index contributed by atoms with van der Waals surface area (Å²) in [6.45, 7) is 10.7. The van der Waals surface area contributed by atoms with Gasteiger partial charge >= 0.3 is 5.97 Å². The Kier molecular flexibility index (Phi) is 8.15. The molecule has 160 valence electrons. The van der Waals surface area contributed by atoms with E-state index in [-0.39, 0.29) is 18.0 Å². The first-order valence-electron chi connectivity index (χ1n) is 9.95. The maximum Gasteiger partial charge on any atom is 0.338 e. The van der Waals surface area contributed by atoms with Crippen LogP contribution in [0.25, 0.3) is 16.6 Å². The Balaban J connectivity index is 0.00000320. The van der Waals surface area contributed by atoms with Crippen molar-refractivity contribution in [3.05, 3.63) is 69.8 Å². The molecule has 0 bridgehead atoms. The number of carbonyl (C=O) groups is 1. The molecule has 1 heterocycles. The molecule has 30 heavy (non-hydrogen) atoms. The van der Waals surface area contributed by atoms with E-state index in [4.69, 9.17) is 4.74 Å². The number of ether oxygens (including phenoxy) is 1. The maximum absolute atomic E-state index is 13.1. The number of carbonyl (C=O) groups excluding carboxylic acids is 1. The molecule has 0 N–H and O–H groups in total. The number of rotatable bonds is 7. The van der Waals surface area contributed by atoms with Gasteiger partial charge in [0.1, 0.15) is 12.4 Å². The van der Waals surface area contributed by atoms with Gasteiger partial charge in [0.15, 0.2) is 0 Å². The second kappa shape index (κ2) is 10.4. The van der Waals surface area contributed by atoms with Crippen LogP contribution in [-0.4, -0.2) is 46.7 Å². The van der Waals surface area contributed by atoms with E-state index in [1.807, 2.05) is 31.2 Å². The monoisotopic (exact) mass is 429 g/mol. The van der Waals surface area contributed by atoms with E-state index in [1.54, 1.807) is 29.7 Å². The van der Waals surface area contributed by atoms with Gasteiger partial charge in [-0.15, -0.1) is 12.4 Å². The zero-order chi connectivity index (χ0) is 21.0. The zero-order valence-electron chi connectivity index (χ0n) is 17.8. The Morgan fingerprint density at radius 3 is 2.50 bits per heavy atom. The molecule has 0 fully saturated rings. The first-order valence-corrected chi connectivity index (χ1v) is 9.95. The predicted molar refractivity (Wildman–Crippen MR) is 122 cm³/mol. The van der Waals surface area contributed by atoms with Crippen LogP contribution in [-0.2, 0) is 4.74 Å². The highest BCUT2D eigenvalue weighted by Crippen LogP contribution is 2.18. The van der Waals surface area contributed by atoms with Crippen LogP contribution in [0.2, 0.25) is 0 Å². The molecule has 0 aliphatic rings. The van der Waals surface area contributed by atoms with Crippen molar-refractivity contribution < 1.29 is 9.53 Å². The number of fused-ring (bicyclic) bond motifs is 1. The molecular weight excluding hydrogens is 402 g/mol. The maximum atomic E-state index is 13.1. The Morgan fingerprint density at radius 2 is 1.80 bits per heavy atom. The first kappa shape index (κ1) is 23.6. The van der Waals surface area contributed by atoms with E-state index in [0.717, 1.165) is 18.7 Å². The minimum Gasteiger partial charge on any atom is -0.461 e. The Labute approximate surface area is 182 Å². The summed E-state index contributed by atoms with van der Waals surface area (Å²) in [7, 11) is 0. The highest BCUT2D eigenvalue weighted by atomic mass is 35.5. The molecule has 3 aromatic rings. The lowest BCUT2D eigenvalue weighted by Crippen LogP contribution is -2.28. The third-order valence-electron chi connectivity index (χ3n) is 5.16. The fourth-order valence-electron chi connectivity index (χ4n) is 3.40. The normalized spacial score (nSPS) is 10.8.